The van der Waals surface area contributed by atoms with Gasteiger partial charge >= 0.3 is 0 Å². The molecule has 1 amide bonds. The number of hydrogen-bond donors (Lipinski definition) is 0. The lowest BCUT2D eigenvalue weighted by Gasteiger charge is -2.32. The van der Waals surface area contributed by atoms with E-state index in [-0.39, 0.29) is 34.8 Å². The van der Waals surface area contributed by atoms with Gasteiger partial charge in [-0.1, -0.05) is 6.07 Å². The van der Waals surface area contributed by atoms with Crippen molar-refractivity contribution in [2.75, 3.05) is 19.3 Å². The molecule has 2 aromatic carbocycles. The van der Waals surface area contributed by atoms with Crippen molar-refractivity contribution in [3.63, 3.8) is 0 Å². The number of nitrogens with zero attached hydrogens (tertiary/aromatic N) is 4. The lowest BCUT2D eigenvalue weighted by Crippen LogP contribution is -2.42. The average Bonchev–Trinajstić information content (AvgIpc) is 3.02. The Kier molecular flexibility index (Phi) is 8.78. The summed E-state index contributed by atoms with van der Waals surface area (Å²) in [7, 11) is -3.27. The Hall–Kier alpha value is -5.08. The number of amides is 1. The van der Waals surface area contributed by atoms with Crippen LogP contribution >= 0.6 is 0 Å². The number of piperidine rings is 1. The van der Waals surface area contributed by atoms with Gasteiger partial charge in [-0.2, -0.15) is 5.26 Å². The Labute approximate surface area is 249 Å². The highest BCUT2D eigenvalue weighted by molar-refractivity contribution is 7.90. The van der Waals surface area contributed by atoms with Crippen LogP contribution in [0.5, 0.6) is 17.4 Å². The van der Waals surface area contributed by atoms with Gasteiger partial charge in [0.1, 0.15) is 23.3 Å². The molecule has 43 heavy (non-hydrogen) atoms. The van der Waals surface area contributed by atoms with Crippen molar-refractivity contribution in [1.29, 1.82) is 5.26 Å². The Morgan fingerprint density at radius 1 is 0.907 bits per heavy atom. The van der Waals surface area contributed by atoms with Gasteiger partial charge in [0, 0.05) is 62.6 Å². The first kappa shape index (κ1) is 29.4. The topological polar surface area (TPSA) is 140 Å². The highest BCUT2D eigenvalue weighted by atomic mass is 32.2. The monoisotopic (exact) mass is 596 g/mol. The molecule has 1 saturated heterocycles. The predicted octanol–water partition coefficient (Wildman–Crippen LogP) is 4.65. The molecule has 10 nitrogen and oxygen atoms in total. The van der Waals surface area contributed by atoms with E-state index in [0.29, 0.717) is 60.0 Å². The van der Waals surface area contributed by atoms with Crippen LogP contribution < -0.4 is 9.47 Å². The summed E-state index contributed by atoms with van der Waals surface area (Å²) in [6, 6.07) is 21.6. The van der Waals surface area contributed by atoms with E-state index in [4.69, 9.17) is 14.7 Å². The lowest BCUT2D eigenvalue weighted by atomic mass is 10.0. The van der Waals surface area contributed by atoms with E-state index >= 15 is 0 Å². The number of hydrogen-bond acceptors (Lipinski definition) is 9. The molecule has 3 heterocycles. The first-order valence-corrected chi connectivity index (χ1v) is 15.5. The molecule has 4 aromatic rings. The van der Waals surface area contributed by atoms with Gasteiger partial charge in [-0.3, -0.25) is 14.6 Å². The standard InChI is InChI=1S/C32H28N4O6S/c1-43(39,40)28-10-8-25(9-11-28)41-27-14-16-36(17-15-27)32(38)29-12-5-24(21-34-29)30(37)18-23-4-13-31(35-20-23)42-26-6-2-22(19-33)3-7-26/h2-13,20-21,27H,14-18H2,1H3. The summed E-state index contributed by atoms with van der Waals surface area (Å²) in [5, 5.41) is 8.90. The number of pyridine rings is 2. The predicted molar refractivity (Wildman–Crippen MR) is 157 cm³/mol. The van der Waals surface area contributed by atoms with Crippen LogP contribution in [0.4, 0.5) is 0 Å². The quantitative estimate of drug-likeness (QED) is 0.253. The van der Waals surface area contributed by atoms with Crippen molar-refractivity contribution >= 4 is 21.5 Å². The first-order valence-electron chi connectivity index (χ1n) is 13.6. The van der Waals surface area contributed by atoms with E-state index in [1.807, 2.05) is 0 Å². The fourth-order valence-electron chi connectivity index (χ4n) is 4.56. The minimum absolute atomic E-state index is 0.0906. The summed E-state index contributed by atoms with van der Waals surface area (Å²) in [6.45, 7) is 0.982. The van der Waals surface area contributed by atoms with Gasteiger partial charge in [-0.15, -0.1) is 0 Å². The van der Waals surface area contributed by atoms with Gasteiger partial charge in [-0.25, -0.2) is 13.4 Å². The zero-order chi connectivity index (χ0) is 30.4. The number of carbonyl (C=O) groups excluding carboxylic acids is 2. The third-order valence-corrected chi connectivity index (χ3v) is 8.08. The molecule has 0 bridgehead atoms. The van der Waals surface area contributed by atoms with E-state index in [1.54, 1.807) is 71.8 Å². The van der Waals surface area contributed by atoms with Crippen molar-refractivity contribution < 1.29 is 27.5 Å². The highest BCUT2D eigenvalue weighted by Gasteiger charge is 2.25. The molecule has 0 N–H and O–H groups in total. The first-order chi connectivity index (χ1) is 20.7. The van der Waals surface area contributed by atoms with Crippen molar-refractivity contribution in [3.8, 4) is 23.4 Å². The number of rotatable bonds is 9. The molecule has 5 rings (SSSR count). The van der Waals surface area contributed by atoms with Crippen molar-refractivity contribution in [2.45, 2.75) is 30.3 Å². The highest BCUT2D eigenvalue weighted by Crippen LogP contribution is 2.23. The normalized spacial score (nSPS) is 13.6. The number of sulfone groups is 1. The summed E-state index contributed by atoms with van der Waals surface area (Å²) in [6.07, 6.45) is 5.42. The van der Waals surface area contributed by atoms with Crippen LogP contribution in [-0.4, -0.2) is 60.4 Å². The van der Waals surface area contributed by atoms with Gasteiger partial charge < -0.3 is 14.4 Å². The van der Waals surface area contributed by atoms with E-state index in [9.17, 15) is 18.0 Å². The molecule has 1 fully saturated rings. The Morgan fingerprint density at radius 3 is 2.19 bits per heavy atom. The number of carbonyl (C=O) groups is 2. The third-order valence-electron chi connectivity index (χ3n) is 6.96. The smallest absolute Gasteiger partial charge is 0.272 e. The minimum atomic E-state index is -3.27. The molecule has 0 spiro atoms. The van der Waals surface area contributed by atoms with Gasteiger partial charge in [0.2, 0.25) is 5.88 Å². The van der Waals surface area contributed by atoms with Crippen LogP contribution in [0, 0.1) is 11.3 Å². The molecule has 1 aliphatic rings. The second kappa shape index (κ2) is 12.8. The van der Waals surface area contributed by atoms with Gasteiger partial charge in [-0.05, 0) is 66.2 Å². The van der Waals surface area contributed by atoms with E-state index in [2.05, 4.69) is 16.0 Å². The maximum atomic E-state index is 13.0. The number of Topliss-reactive ketones (excluding diaryl/α,β-unsaturated/α-hetero) is 1. The number of aromatic nitrogens is 2. The molecule has 2 aromatic heterocycles. The molecule has 0 atom stereocenters. The van der Waals surface area contributed by atoms with Crippen LogP contribution in [-0.2, 0) is 16.3 Å². The zero-order valence-electron chi connectivity index (χ0n) is 23.3. The summed E-state index contributed by atoms with van der Waals surface area (Å²) >= 11 is 0. The average molecular weight is 597 g/mol. The maximum Gasteiger partial charge on any atom is 0.272 e. The van der Waals surface area contributed by atoms with Crippen LogP contribution in [0.25, 0.3) is 0 Å². The van der Waals surface area contributed by atoms with E-state index in [1.165, 1.54) is 18.3 Å². The SMILES string of the molecule is CS(=O)(=O)c1ccc(OC2CCN(C(=O)c3ccc(C(=O)Cc4ccc(Oc5ccc(C#N)cc5)nc4)cn3)CC2)cc1. The van der Waals surface area contributed by atoms with Gasteiger partial charge in [0.15, 0.2) is 15.6 Å². The Bertz CT molecular complexity index is 1740. The fraction of sp³-hybridized carbons (Fsp3) is 0.219. The largest absolute Gasteiger partial charge is 0.490 e. The number of benzene rings is 2. The molecule has 218 valence electrons. The van der Waals surface area contributed by atoms with Crippen molar-refractivity contribution in [3.05, 3.63) is 108 Å². The Morgan fingerprint density at radius 2 is 1.60 bits per heavy atom. The van der Waals surface area contributed by atoms with Crippen LogP contribution in [0.1, 0.15) is 44.8 Å². The lowest BCUT2D eigenvalue weighted by molar-refractivity contribution is 0.0589. The summed E-state index contributed by atoms with van der Waals surface area (Å²) in [4.78, 5) is 36.3. The number of likely N-dealkylation sites (tertiary alicyclic amines) is 1. The maximum absolute atomic E-state index is 13.0. The fourth-order valence-corrected chi connectivity index (χ4v) is 5.19. The van der Waals surface area contributed by atoms with Crippen molar-refractivity contribution in [2.24, 2.45) is 0 Å². The number of nitriles is 1. The third kappa shape index (κ3) is 7.61. The second-order valence-electron chi connectivity index (χ2n) is 10.1. The molecule has 0 unspecified atom stereocenters. The van der Waals surface area contributed by atoms with E-state index in [0.717, 1.165) is 6.26 Å². The van der Waals surface area contributed by atoms with Crippen LogP contribution in [0.2, 0.25) is 0 Å². The van der Waals surface area contributed by atoms with Crippen molar-refractivity contribution in [1.82, 2.24) is 14.9 Å². The molecule has 0 radical (unpaired) electrons. The molecular formula is C32H28N4O6S. The zero-order valence-corrected chi connectivity index (χ0v) is 24.2. The molecular weight excluding hydrogens is 568 g/mol. The number of ketones is 1. The Balaban J connectivity index is 1.10. The summed E-state index contributed by atoms with van der Waals surface area (Å²) in [5.74, 6) is 1.13. The summed E-state index contributed by atoms with van der Waals surface area (Å²) in [5.41, 5.74) is 1.89. The van der Waals surface area contributed by atoms with Crippen LogP contribution in [0.3, 0.4) is 0 Å². The second-order valence-corrected chi connectivity index (χ2v) is 12.1. The van der Waals surface area contributed by atoms with Crippen LogP contribution in [0.15, 0.2) is 90.1 Å². The summed E-state index contributed by atoms with van der Waals surface area (Å²) < 4.78 is 34.9. The molecule has 1 aliphatic heterocycles. The van der Waals surface area contributed by atoms with E-state index < -0.39 is 9.84 Å². The minimum Gasteiger partial charge on any atom is -0.490 e. The number of ether oxygens (including phenoxy) is 2. The molecule has 0 saturated carbocycles. The van der Waals surface area contributed by atoms with Gasteiger partial charge in [0.25, 0.3) is 5.91 Å². The molecule has 11 heteroatoms. The molecule has 0 aliphatic carbocycles. The van der Waals surface area contributed by atoms with Gasteiger partial charge in [0.05, 0.1) is 16.5 Å².